The Morgan fingerprint density at radius 1 is 1.35 bits per heavy atom. The maximum atomic E-state index is 11.8. The number of alkyl halides is 3. The van der Waals surface area contributed by atoms with Gasteiger partial charge in [0.1, 0.15) is 6.61 Å². The van der Waals surface area contributed by atoms with E-state index in [0.717, 1.165) is 12.8 Å². The maximum absolute atomic E-state index is 11.8. The molecule has 102 valence electrons. The zero-order chi connectivity index (χ0) is 12.7. The summed E-state index contributed by atoms with van der Waals surface area (Å²) in [7, 11) is 0. The fraction of sp³-hybridized carbons (Fsp3) is 1.00. The van der Waals surface area contributed by atoms with Gasteiger partial charge in [-0.25, -0.2) is 0 Å². The molecule has 0 amide bonds. The summed E-state index contributed by atoms with van der Waals surface area (Å²) in [6.07, 6.45) is -2.01. The number of hydrogen-bond donors (Lipinski definition) is 2. The molecule has 0 aromatic carbocycles. The number of nitrogens with one attached hydrogen (secondary N) is 1. The molecule has 1 heterocycles. The van der Waals surface area contributed by atoms with Crippen molar-refractivity contribution in [1.29, 1.82) is 0 Å². The van der Waals surface area contributed by atoms with Crippen LogP contribution in [0.15, 0.2) is 0 Å². The topological polar surface area (TPSA) is 56.5 Å². The average Bonchev–Trinajstić information content (AvgIpc) is 2.29. The van der Waals surface area contributed by atoms with Gasteiger partial charge in [-0.05, 0) is 25.2 Å². The predicted octanol–water partition coefficient (Wildman–Crippen LogP) is 1.21. The summed E-state index contributed by atoms with van der Waals surface area (Å²) in [5, 5.41) is 0. The predicted molar refractivity (Wildman–Crippen MR) is 56.1 cm³/mol. The molecule has 0 spiro atoms. The van der Waals surface area contributed by atoms with Gasteiger partial charge in [0.25, 0.3) is 0 Å². The Morgan fingerprint density at radius 2 is 2.00 bits per heavy atom. The molecule has 1 unspecified atom stereocenters. The van der Waals surface area contributed by atoms with Crippen LogP contribution in [-0.4, -0.2) is 38.6 Å². The Labute approximate surface area is 98.6 Å². The standard InChI is InChI=1S/C10H19F3N2O2/c11-10(12,13)7-17-6-3-9(15-14)8-1-4-16-5-2-8/h8-9,15H,1-7,14H2. The lowest BCUT2D eigenvalue weighted by molar-refractivity contribution is -0.174. The Kier molecular flexibility index (Phi) is 6.18. The van der Waals surface area contributed by atoms with Gasteiger partial charge in [0.05, 0.1) is 0 Å². The van der Waals surface area contributed by atoms with Gasteiger partial charge < -0.3 is 9.47 Å². The maximum Gasteiger partial charge on any atom is 0.411 e. The summed E-state index contributed by atoms with van der Waals surface area (Å²) in [5.41, 5.74) is 2.65. The van der Waals surface area contributed by atoms with Crippen molar-refractivity contribution in [3.05, 3.63) is 0 Å². The largest absolute Gasteiger partial charge is 0.411 e. The van der Waals surface area contributed by atoms with Crippen LogP contribution >= 0.6 is 0 Å². The van der Waals surface area contributed by atoms with E-state index in [2.05, 4.69) is 10.2 Å². The van der Waals surface area contributed by atoms with Gasteiger partial charge in [0, 0.05) is 25.9 Å². The molecule has 0 aliphatic carbocycles. The Bertz CT molecular complexity index is 208. The van der Waals surface area contributed by atoms with Gasteiger partial charge in [0.15, 0.2) is 0 Å². The summed E-state index contributed by atoms with van der Waals surface area (Å²) >= 11 is 0. The van der Waals surface area contributed by atoms with E-state index in [0.29, 0.717) is 25.6 Å². The van der Waals surface area contributed by atoms with Gasteiger partial charge in [-0.1, -0.05) is 0 Å². The molecule has 1 aliphatic rings. The van der Waals surface area contributed by atoms with Crippen LogP contribution in [0.1, 0.15) is 19.3 Å². The lowest BCUT2D eigenvalue weighted by Gasteiger charge is -2.29. The molecule has 0 aromatic rings. The zero-order valence-electron chi connectivity index (χ0n) is 9.63. The van der Waals surface area contributed by atoms with Gasteiger partial charge >= 0.3 is 6.18 Å². The third kappa shape index (κ3) is 6.21. The number of hydrazine groups is 1. The molecule has 0 aromatic heterocycles. The van der Waals surface area contributed by atoms with Crippen molar-refractivity contribution < 1.29 is 22.6 Å². The molecule has 17 heavy (non-hydrogen) atoms. The molecular formula is C10H19F3N2O2. The normalized spacial score (nSPS) is 20.5. The fourth-order valence-electron chi connectivity index (χ4n) is 1.97. The third-order valence-electron chi connectivity index (χ3n) is 2.89. The van der Waals surface area contributed by atoms with E-state index in [1.54, 1.807) is 0 Å². The molecule has 4 nitrogen and oxygen atoms in total. The highest BCUT2D eigenvalue weighted by molar-refractivity contribution is 4.76. The van der Waals surface area contributed by atoms with E-state index in [9.17, 15) is 13.2 Å². The molecule has 0 bridgehead atoms. The van der Waals surface area contributed by atoms with E-state index in [4.69, 9.17) is 10.6 Å². The van der Waals surface area contributed by atoms with Crippen LogP contribution < -0.4 is 11.3 Å². The molecule has 1 atom stereocenters. The lowest BCUT2D eigenvalue weighted by Crippen LogP contribution is -2.43. The number of ether oxygens (including phenoxy) is 2. The van der Waals surface area contributed by atoms with Crippen LogP contribution in [0.3, 0.4) is 0 Å². The molecule has 1 saturated heterocycles. The lowest BCUT2D eigenvalue weighted by atomic mass is 9.90. The van der Waals surface area contributed by atoms with Crippen molar-refractivity contribution in [2.24, 2.45) is 11.8 Å². The highest BCUT2D eigenvalue weighted by atomic mass is 19.4. The Hall–Kier alpha value is -0.370. The van der Waals surface area contributed by atoms with Gasteiger partial charge in [0.2, 0.25) is 0 Å². The molecule has 0 saturated carbocycles. The first-order valence-electron chi connectivity index (χ1n) is 5.71. The van der Waals surface area contributed by atoms with Crippen LogP contribution in [0, 0.1) is 5.92 Å². The quantitative estimate of drug-likeness (QED) is 0.426. The smallest absolute Gasteiger partial charge is 0.381 e. The first kappa shape index (κ1) is 14.7. The molecular weight excluding hydrogens is 237 g/mol. The number of hydrogen-bond acceptors (Lipinski definition) is 4. The minimum Gasteiger partial charge on any atom is -0.381 e. The highest BCUT2D eigenvalue weighted by Gasteiger charge is 2.28. The summed E-state index contributed by atoms with van der Waals surface area (Å²) < 4.78 is 45.3. The van der Waals surface area contributed by atoms with Crippen molar-refractivity contribution >= 4 is 0 Å². The van der Waals surface area contributed by atoms with Crippen molar-refractivity contribution in [1.82, 2.24) is 5.43 Å². The number of rotatable bonds is 6. The molecule has 1 fully saturated rings. The summed E-state index contributed by atoms with van der Waals surface area (Å²) in [4.78, 5) is 0. The van der Waals surface area contributed by atoms with Gasteiger partial charge in [-0.15, -0.1) is 0 Å². The second-order valence-corrected chi connectivity index (χ2v) is 4.18. The second kappa shape index (κ2) is 7.15. The summed E-state index contributed by atoms with van der Waals surface area (Å²) in [5.74, 6) is 5.75. The minimum atomic E-state index is -4.26. The summed E-state index contributed by atoms with van der Waals surface area (Å²) in [6, 6.07) is -0.00728. The van der Waals surface area contributed by atoms with Crippen LogP contribution in [0.25, 0.3) is 0 Å². The molecule has 7 heteroatoms. The Balaban J connectivity index is 2.18. The first-order chi connectivity index (χ1) is 8.03. The second-order valence-electron chi connectivity index (χ2n) is 4.18. The van der Waals surface area contributed by atoms with Gasteiger partial charge in [-0.3, -0.25) is 11.3 Å². The Morgan fingerprint density at radius 3 is 2.53 bits per heavy atom. The SMILES string of the molecule is NNC(CCOCC(F)(F)F)C1CCOCC1. The van der Waals surface area contributed by atoms with E-state index < -0.39 is 12.8 Å². The van der Waals surface area contributed by atoms with E-state index in [-0.39, 0.29) is 12.6 Å². The molecule has 3 N–H and O–H groups in total. The van der Waals surface area contributed by atoms with Crippen LogP contribution in [0.4, 0.5) is 13.2 Å². The average molecular weight is 256 g/mol. The van der Waals surface area contributed by atoms with E-state index >= 15 is 0 Å². The van der Waals surface area contributed by atoms with E-state index in [1.165, 1.54) is 0 Å². The fourth-order valence-corrected chi connectivity index (χ4v) is 1.97. The molecule has 1 rings (SSSR count). The summed E-state index contributed by atoms with van der Waals surface area (Å²) in [6.45, 7) is 0.238. The van der Waals surface area contributed by atoms with Crippen LogP contribution in [-0.2, 0) is 9.47 Å². The molecule has 0 radical (unpaired) electrons. The van der Waals surface area contributed by atoms with Crippen molar-refractivity contribution in [3.8, 4) is 0 Å². The van der Waals surface area contributed by atoms with Crippen LogP contribution in [0.5, 0.6) is 0 Å². The van der Waals surface area contributed by atoms with E-state index in [1.807, 2.05) is 0 Å². The highest BCUT2D eigenvalue weighted by Crippen LogP contribution is 2.21. The van der Waals surface area contributed by atoms with Crippen LogP contribution in [0.2, 0.25) is 0 Å². The number of halogens is 3. The molecule has 1 aliphatic heterocycles. The number of nitrogens with two attached hydrogens (primary N) is 1. The monoisotopic (exact) mass is 256 g/mol. The van der Waals surface area contributed by atoms with Crippen molar-refractivity contribution in [2.45, 2.75) is 31.5 Å². The van der Waals surface area contributed by atoms with Crippen molar-refractivity contribution in [2.75, 3.05) is 26.4 Å². The minimum absolute atomic E-state index is 0.00728. The van der Waals surface area contributed by atoms with Crippen molar-refractivity contribution in [3.63, 3.8) is 0 Å². The third-order valence-corrected chi connectivity index (χ3v) is 2.89. The van der Waals surface area contributed by atoms with Gasteiger partial charge in [-0.2, -0.15) is 13.2 Å². The zero-order valence-corrected chi connectivity index (χ0v) is 9.63. The first-order valence-corrected chi connectivity index (χ1v) is 5.71.